The van der Waals surface area contributed by atoms with E-state index in [2.05, 4.69) is 15.5 Å². The van der Waals surface area contributed by atoms with E-state index in [9.17, 15) is 4.79 Å². The minimum Gasteiger partial charge on any atom is -0.380 e. The summed E-state index contributed by atoms with van der Waals surface area (Å²) in [6, 6.07) is 7.45. The molecule has 21 heavy (non-hydrogen) atoms. The van der Waals surface area contributed by atoms with E-state index in [1.165, 1.54) is 7.11 Å². The van der Waals surface area contributed by atoms with Crippen molar-refractivity contribution in [3.63, 3.8) is 0 Å². The predicted octanol–water partition coefficient (Wildman–Crippen LogP) is 0.784. The molecule has 112 valence electrons. The number of rotatable bonds is 6. The van der Waals surface area contributed by atoms with Crippen LogP contribution in [0, 0.1) is 0 Å². The monoisotopic (exact) mass is 289 g/mol. The van der Waals surface area contributed by atoms with Crippen molar-refractivity contribution in [3.05, 3.63) is 30.6 Å². The van der Waals surface area contributed by atoms with Crippen LogP contribution in [0.2, 0.25) is 0 Å². The van der Waals surface area contributed by atoms with Crippen LogP contribution in [0.4, 0.5) is 5.69 Å². The second-order valence-corrected chi connectivity index (χ2v) is 4.66. The molecule has 0 saturated carbocycles. The number of methoxy groups -OCH3 is 1. The largest absolute Gasteiger partial charge is 0.380 e. The maximum absolute atomic E-state index is 12.1. The molecule has 1 aromatic heterocycles. The van der Waals surface area contributed by atoms with Crippen molar-refractivity contribution in [2.45, 2.75) is 12.5 Å². The fourth-order valence-corrected chi connectivity index (χ4v) is 1.99. The normalized spacial score (nSPS) is 12.1. The van der Waals surface area contributed by atoms with Crippen LogP contribution in [0.1, 0.15) is 6.42 Å². The van der Waals surface area contributed by atoms with Gasteiger partial charge in [-0.3, -0.25) is 4.79 Å². The van der Waals surface area contributed by atoms with Crippen LogP contribution in [0.25, 0.3) is 11.4 Å². The number of anilines is 1. The maximum atomic E-state index is 12.1. The summed E-state index contributed by atoms with van der Waals surface area (Å²) in [4.78, 5) is 12.1. The number of hydrogen-bond donors (Lipinski definition) is 2. The standard InChI is InChI=1S/C14H19N5O2/c1-19-9-16-18-14(19)11-5-3-4-6-12(11)17-13(20)7-10(8-15)21-2/h3-6,9-10H,7-8,15H2,1-2H3,(H,17,20). The Labute approximate surface area is 123 Å². The van der Waals surface area contributed by atoms with Crippen LogP contribution in [0.3, 0.4) is 0 Å². The molecule has 0 bridgehead atoms. The van der Waals surface area contributed by atoms with Crippen molar-refractivity contribution in [1.29, 1.82) is 0 Å². The number of amides is 1. The van der Waals surface area contributed by atoms with Gasteiger partial charge in [-0.05, 0) is 12.1 Å². The first-order valence-electron chi connectivity index (χ1n) is 6.61. The molecular weight excluding hydrogens is 270 g/mol. The molecule has 0 fully saturated rings. The van der Waals surface area contributed by atoms with E-state index in [1.54, 1.807) is 10.9 Å². The first-order chi connectivity index (χ1) is 10.2. The highest BCUT2D eigenvalue weighted by molar-refractivity contribution is 5.95. The third kappa shape index (κ3) is 3.65. The summed E-state index contributed by atoms with van der Waals surface area (Å²) in [5.74, 6) is 0.537. The molecule has 2 rings (SSSR count). The summed E-state index contributed by atoms with van der Waals surface area (Å²) < 4.78 is 6.91. The minimum atomic E-state index is -0.285. The number of carbonyl (C=O) groups excluding carboxylic acids is 1. The Morgan fingerprint density at radius 3 is 2.86 bits per heavy atom. The zero-order chi connectivity index (χ0) is 15.2. The van der Waals surface area contributed by atoms with Crippen LogP contribution < -0.4 is 11.1 Å². The van der Waals surface area contributed by atoms with Gasteiger partial charge >= 0.3 is 0 Å². The smallest absolute Gasteiger partial charge is 0.227 e. The average molecular weight is 289 g/mol. The topological polar surface area (TPSA) is 95.1 Å². The van der Waals surface area contributed by atoms with Gasteiger partial charge in [0.2, 0.25) is 5.91 Å². The number of carbonyl (C=O) groups is 1. The van der Waals surface area contributed by atoms with E-state index in [-0.39, 0.29) is 18.4 Å². The molecule has 1 heterocycles. The van der Waals surface area contributed by atoms with Gasteiger partial charge in [-0.15, -0.1) is 10.2 Å². The van der Waals surface area contributed by atoms with Crippen LogP contribution in [-0.2, 0) is 16.6 Å². The van der Waals surface area contributed by atoms with Crippen molar-refractivity contribution in [2.24, 2.45) is 12.8 Å². The van der Waals surface area contributed by atoms with Gasteiger partial charge in [-0.2, -0.15) is 0 Å². The van der Waals surface area contributed by atoms with Gasteiger partial charge < -0.3 is 20.4 Å². The third-order valence-electron chi connectivity index (χ3n) is 3.16. The molecule has 2 aromatic rings. The second-order valence-electron chi connectivity index (χ2n) is 4.66. The number of benzene rings is 1. The van der Waals surface area contributed by atoms with Crippen LogP contribution in [0.5, 0.6) is 0 Å². The first-order valence-corrected chi connectivity index (χ1v) is 6.61. The van der Waals surface area contributed by atoms with E-state index in [1.807, 2.05) is 31.3 Å². The third-order valence-corrected chi connectivity index (χ3v) is 3.16. The Hall–Kier alpha value is -2.25. The highest BCUT2D eigenvalue weighted by Gasteiger charge is 2.15. The first kappa shape index (κ1) is 15.1. The van der Waals surface area contributed by atoms with Gasteiger partial charge in [0.1, 0.15) is 6.33 Å². The summed E-state index contributed by atoms with van der Waals surface area (Å²) >= 11 is 0. The highest BCUT2D eigenvalue weighted by atomic mass is 16.5. The van der Waals surface area contributed by atoms with Crippen molar-refractivity contribution in [1.82, 2.24) is 14.8 Å². The molecule has 0 aliphatic rings. The molecule has 1 atom stereocenters. The fourth-order valence-electron chi connectivity index (χ4n) is 1.99. The van der Waals surface area contributed by atoms with E-state index in [0.29, 0.717) is 18.1 Å². The van der Waals surface area contributed by atoms with E-state index < -0.39 is 0 Å². The molecule has 1 unspecified atom stereocenters. The molecule has 0 aliphatic heterocycles. The SMILES string of the molecule is COC(CN)CC(=O)Nc1ccccc1-c1nncn1C. The Bertz CT molecular complexity index is 607. The number of para-hydroxylation sites is 1. The molecule has 7 nitrogen and oxygen atoms in total. The predicted molar refractivity (Wildman–Crippen MR) is 79.5 cm³/mol. The number of hydrogen-bond acceptors (Lipinski definition) is 5. The molecular formula is C14H19N5O2. The Balaban J connectivity index is 2.18. The Kier molecular flexibility index (Phi) is 5.02. The Morgan fingerprint density at radius 2 is 2.24 bits per heavy atom. The highest BCUT2D eigenvalue weighted by Crippen LogP contribution is 2.25. The number of nitrogens with two attached hydrogens (primary N) is 1. The lowest BCUT2D eigenvalue weighted by atomic mass is 10.1. The molecule has 1 amide bonds. The summed E-state index contributed by atoms with van der Waals surface area (Å²) in [6.45, 7) is 0.300. The quantitative estimate of drug-likeness (QED) is 0.819. The van der Waals surface area contributed by atoms with Crippen LogP contribution in [0.15, 0.2) is 30.6 Å². The lowest BCUT2D eigenvalue weighted by Gasteiger charge is -2.14. The zero-order valence-electron chi connectivity index (χ0n) is 12.1. The lowest BCUT2D eigenvalue weighted by molar-refractivity contribution is -0.118. The lowest BCUT2D eigenvalue weighted by Crippen LogP contribution is -2.28. The summed E-state index contributed by atoms with van der Waals surface area (Å²) in [6.07, 6.45) is 1.54. The van der Waals surface area contributed by atoms with Crippen LogP contribution >= 0.6 is 0 Å². The van der Waals surface area contributed by atoms with Gasteiger partial charge in [0.15, 0.2) is 5.82 Å². The van der Waals surface area contributed by atoms with E-state index in [0.717, 1.165) is 5.56 Å². The number of nitrogens with zero attached hydrogens (tertiary/aromatic N) is 3. The van der Waals surface area contributed by atoms with Crippen molar-refractivity contribution < 1.29 is 9.53 Å². The van der Waals surface area contributed by atoms with Gasteiger partial charge in [-0.1, -0.05) is 12.1 Å². The number of aryl methyl sites for hydroxylation is 1. The van der Waals surface area contributed by atoms with Gasteiger partial charge in [-0.25, -0.2) is 0 Å². The molecule has 0 saturated heterocycles. The molecule has 3 N–H and O–H groups in total. The van der Waals surface area contributed by atoms with Crippen molar-refractivity contribution in [2.75, 3.05) is 19.0 Å². The van der Waals surface area contributed by atoms with Gasteiger partial charge in [0.05, 0.1) is 18.2 Å². The van der Waals surface area contributed by atoms with E-state index >= 15 is 0 Å². The zero-order valence-corrected chi connectivity index (χ0v) is 12.1. The number of aromatic nitrogens is 3. The van der Waals surface area contributed by atoms with Crippen molar-refractivity contribution in [3.8, 4) is 11.4 Å². The summed E-state index contributed by atoms with van der Waals surface area (Å²) in [7, 11) is 3.39. The molecule has 0 aliphatic carbocycles. The fraction of sp³-hybridized carbons (Fsp3) is 0.357. The molecule has 0 radical (unpaired) electrons. The Morgan fingerprint density at radius 1 is 1.48 bits per heavy atom. The number of nitrogens with one attached hydrogen (secondary N) is 1. The van der Waals surface area contributed by atoms with E-state index in [4.69, 9.17) is 10.5 Å². The van der Waals surface area contributed by atoms with Crippen molar-refractivity contribution >= 4 is 11.6 Å². The van der Waals surface area contributed by atoms with Gasteiger partial charge in [0.25, 0.3) is 0 Å². The van der Waals surface area contributed by atoms with Gasteiger partial charge in [0, 0.05) is 26.3 Å². The average Bonchev–Trinajstić information content (AvgIpc) is 2.91. The van der Waals surface area contributed by atoms with Crippen LogP contribution in [-0.4, -0.2) is 40.4 Å². The summed E-state index contributed by atoms with van der Waals surface area (Å²) in [5, 5.41) is 10.8. The second kappa shape index (κ2) is 6.96. The maximum Gasteiger partial charge on any atom is 0.227 e. The minimum absolute atomic E-state index is 0.151. The summed E-state index contributed by atoms with van der Waals surface area (Å²) in [5.41, 5.74) is 7.02. The molecule has 1 aromatic carbocycles. The number of ether oxygens (including phenoxy) is 1. The molecule has 0 spiro atoms. The molecule has 7 heteroatoms.